The van der Waals surface area contributed by atoms with Crippen molar-refractivity contribution in [2.75, 3.05) is 7.11 Å². The van der Waals surface area contributed by atoms with Crippen molar-refractivity contribution in [3.8, 4) is 17.0 Å². The maximum absolute atomic E-state index is 12.4. The van der Waals surface area contributed by atoms with Gasteiger partial charge in [-0.3, -0.25) is 14.6 Å². The van der Waals surface area contributed by atoms with Crippen LogP contribution in [0.1, 0.15) is 36.0 Å². The lowest BCUT2D eigenvalue weighted by Crippen LogP contribution is -2.28. The molecule has 1 aliphatic rings. The van der Waals surface area contributed by atoms with Crippen molar-refractivity contribution in [3.63, 3.8) is 0 Å². The molecule has 0 saturated heterocycles. The normalized spacial score (nSPS) is 14.7. The van der Waals surface area contributed by atoms with E-state index in [4.69, 9.17) is 9.57 Å². The molecule has 5 nitrogen and oxygen atoms in total. The molecule has 23 heavy (non-hydrogen) atoms. The van der Waals surface area contributed by atoms with Crippen LogP contribution in [0, 0.1) is 0 Å². The quantitative estimate of drug-likeness (QED) is 0.860. The average molecular weight is 312 g/mol. The maximum Gasteiger partial charge on any atom is 0.277 e. The number of amides is 1. The van der Waals surface area contributed by atoms with E-state index in [0.29, 0.717) is 11.3 Å². The van der Waals surface area contributed by atoms with E-state index >= 15 is 0 Å². The fourth-order valence-corrected chi connectivity index (χ4v) is 2.77. The zero-order valence-electron chi connectivity index (χ0n) is 13.1. The molecular weight excluding hydrogens is 292 g/mol. The van der Waals surface area contributed by atoms with Gasteiger partial charge in [-0.2, -0.15) is 0 Å². The molecule has 0 spiro atoms. The molecule has 0 aliphatic heterocycles. The predicted molar refractivity (Wildman–Crippen MR) is 87.0 cm³/mol. The third-order valence-electron chi connectivity index (χ3n) is 4.04. The summed E-state index contributed by atoms with van der Waals surface area (Å²) in [6, 6.07) is 11.0. The summed E-state index contributed by atoms with van der Waals surface area (Å²) < 4.78 is 5.16. The molecular formula is C18H20N2O3. The van der Waals surface area contributed by atoms with Gasteiger partial charge in [-0.1, -0.05) is 12.8 Å². The second-order valence-electron chi connectivity index (χ2n) is 5.58. The molecule has 1 fully saturated rings. The topological polar surface area (TPSA) is 60.5 Å². The SMILES string of the molecule is COc1ccc(-c2ncccc2C(=O)NOC2CCCC2)cc1. The van der Waals surface area contributed by atoms with Crippen molar-refractivity contribution < 1.29 is 14.4 Å². The number of benzene rings is 1. The number of rotatable bonds is 5. The number of hydrogen-bond acceptors (Lipinski definition) is 4. The van der Waals surface area contributed by atoms with E-state index in [1.165, 1.54) is 0 Å². The lowest BCUT2D eigenvalue weighted by atomic mass is 10.1. The number of carbonyl (C=O) groups is 1. The first-order chi connectivity index (χ1) is 11.3. The summed E-state index contributed by atoms with van der Waals surface area (Å²) in [5.41, 5.74) is 4.55. The highest BCUT2D eigenvalue weighted by Crippen LogP contribution is 2.24. The summed E-state index contributed by atoms with van der Waals surface area (Å²) in [6.07, 6.45) is 6.11. The van der Waals surface area contributed by atoms with E-state index in [0.717, 1.165) is 37.0 Å². The molecule has 0 radical (unpaired) electrons. The van der Waals surface area contributed by atoms with Crippen LogP contribution in [0.15, 0.2) is 42.6 Å². The number of aromatic nitrogens is 1. The van der Waals surface area contributed by atoms with Gasteiger partial charge in [-0.05, 0) is 49.2 Å². The highest BCUT2D eigenvalue weighted by atomic mass is 16.7. The van der Waals surface area contributed by atoms with Crippen LogP contribution in [-0.4, -0.2) is 24.1 Å². The number of carbonyl (C=O) groups excluding carboxylic acids is 1. The second-order valence-corrected chi connectivity index (χ2v) is 5.58. The Labute approximate surface area is 135 Å². The third kappa shape index (κ3) is 3.68. The molecule has 1 saturated carbocycles. The molecule has 5 heteroatoms. The van der Waals surface area contributed by atoms with Gasteiger partial charge < -0.3 is 4.74 Å². The highest BCUT2D eigenvalue weighted by molar-refractivity contribution is 5.99. The Balaban J connectivity index is 1.77. The van der Waals surface area contributed by atoms with Crippen molar-refractivity contribution in [2.45, 2.75) is 31.8 Å². The van der Waals surface area contributed by atoms with Crippen LogP contribution in [0.5, 0.6) is 5.75 Å². The summed E-state index contributed by atoms with van der Waals surface area (Å²) >= 11 is 0. The smallest absolute Gasteiger partial charge is 0.277 e. The van der Waals surface area contributed by atoms with Crippen molar-refractivity contribution in [3.05, 3.63) is 48.2 Å². The van der Waals surface area contributed by atoms with Crippen molar-refractivity contribution >= 4 is 5.91 Å². The van der Waals surface area contributed by atoms with E-state index in [9.17, 15) is 4.79 Å². The molecule has 1 aliphatic carbocycles. The van der Waals surface area contributed by atoms with Gasteiger partial charge >= 0.3 is 0 Å². The fraction of sp³-hybridized carbons (Fsp3) is 0.333. The first-order valence-electron chi connectivity index (χ1n) is 7.83. The molecule has 1 aromatic carbocycles. The van der Waals surface area contributed by atoms with Crippen LogP contribution in [0.3, 0.4) is 0 Å². The van der Waals surface area contributed by atoms with E-state index < -0.39 is 0 Å². The monoisotopic (exact) mass is 312 g/mol. The molecule has 0 unspecified atom stereocenters. The molecule has 0 bridgehead atoms. The van der Waals surface area contributed by atoms with E-state index in [1.54, 1.807) is 25.4 Å². The van der Waals surface area contributed by atoms with Gasteiger partial charge in [-0.25, -0.2) is 5.48 Å². The fourth-order valence-electron chi connectivity index (χ4n) is 2.77. The Hall–Kier alpha value is -2.40. The lowest BCUT2D eigenvalue weighted by molar-refractivity contribution is -0.0124. The number of pyridine rings is 1. The Morgan fingerprint density at radius 2 is 1.91 bits per heavy atom. The second kappa shape index (κ2) is 7.24. The molecule has 1 heterocycles. The van der Waals surface area contributed by atoms with Gasteiger partial charge in [0.15, 0.2) is 0 Å². The Morgan fingerprint density at radius 1 is 1.17 bits per heavy atom. The summed E-state index contributed by atoms with van der Waals surface area (Å²) in [6.45, 7) is 0. The number of hydroxylamine groups is 1. The van der Waals surface area contributed by atoms with Gasteiger partial charge in [0.2, 0.25) is 0 Å². The molecule has 1 aromatic heterocycles. The van der Waals surface area contributed by atoms with E-state index in [2.05, 4.69) is 10.5 Å². The van der Waals surface area contributed by atoms with Crippen LogP contribution in [-0.2, 0) is 4.84 Å². The van der Waals surface area contributed by atoms with Crippen LogP contribution in [0.4, 0.5) is 0 Å². The molecule has 2 aromatic rings. The first kappa shape index (κ1) is 15.5. The summed E-state index contributed by atoms with van der Waals surface area (Å²) in [4.78, 5) is 22.3. The molecule has 1 amide bonds. The first-order valence-corrected chi connectivity index (χ1v) is 7.83. The van der Waals surface area contributed by atoms with Gasteiger partial charge in [0.25, 0.3) is 5.91 Å². The largest absolute Gasteiger partial charge is 0.497 e. The zero-order valence-corrected chi connectivity index (χ0v) is 13.1. The standard InChI is InChI=1S/C18H20N2O3/c1-22-14-10-8-13(9-11-14)17-16(7-4-12-19-17)18(21)20-23-15-5-2-3-6-15/h4,7-12,15H,2-3,5-6H2,1H3,(H,20,21). The van der Waals surface area contributed by atoms with Gasteiger partial charge in [0.1, 0.15) is 5.75 Å². The number of methoxy groups -OCH3 is 1. The summed E-state index contributed by atoms with van der Waals surface area (Å²) in [7, 11) is 1.62. The van der Waals surface area contributed by atoms with Crippen molar-refractivity contribution in [2.24, 2.45) is 0 Å². The minimum absolute atomic E-state index is 0.125. The Bertz CT molecular complexity index is 664. The van der Waals surface area contributed by atoms with E-state index in [-0.39, 0.29) is 12.0 Å². The molecule has 120 valence electrons. The van der Waals surface area contributed by atoms with Crippen LogP contribution in [0.2, 0.25) is 0 Å². The minimum Gasteiger partial charge on any atom is -0.497 e. The van der Waals surface area contributed by atoms with Gasteiger partial charge in [-0.15, -0.1) is 0 Å². The van der Waals surface area contributed by atoms with Crippen LogP contribution >= 0.6 is 0 Å². The maximum atomic E-state index is 12.4. The summed E-state index contributed by atoms with van der Waals surface area (Å²) in [5, 5.41) is 0. The minimum atomic E-state index is -0.268. The number of nitrogens with zero attached hydrogens (tertiary/aromatic N) is 1. The number of hydrogen-bond donors (Lipinski definition) is 1. The van der Waals surface area contributed by atoms with Crippen molar-refractivity contribution in [1.29, 1.82) is 0 Å². The molecule has 3 rings (SSSR count). The van der Waals surface area contributed by atoms with Gasteiger partial charge in [0, 0.05) is 11.8 Å². The van der Waals surface area contributed by atoms with E-state index in [1.807, 2.05) is 24.3 Å². The Kier molecular flexibility index (Phi) is 4.88. The molecule has 0 atom stereocenters. The van der Waals surface area contributed by atoms with Gasteiger partial charge in [0.05, 0.1) is 24.5 Å². The average Bonchev–Trinajstić information content (AvgIpc) is 3.13. The zero-order chi connectivity index (χ0) is 16.1. The lowest BCUT2D eigenvalue weighted by Gasteiger charge is -2.13. The Morgan fingerprint density at radius 3 is 2.61 bits per heavy atom. The number of ether oxygens (including phenoxy) is 1. The van der Waals surface area contributed by atoms with Crippen molar-refractivity contribution in [1.82, 2.24) is 10.5 Å². The van der Waals surface area contributed by atoms with Crippen LogP contribution < -0.4 is 10.2 Å². The van der Waals surface area contributed by atoms with Crippen LogP contribution in [0.25, 0.3) is 11.3 Å². The highest BCUT2D eigenvalue weighted by Gasteiger charge is 2.19. The summed E-state index contributed by atoms with van der Waals surface area (Å²) in [5.74, 6) is 0.496. The third-order valence-corrected chi connectivity index (χ3v) is 4.04. The number of nitrogens with one attached hydrogen (secondary N) is 1. The molecule has 1 N–H and O–H groups in total. The predicted octanol–water partition coefficient (Wildman–Crippen LogP) is 3.36.